The fourth-order valence-corrected chi connectivity index (χ4v) is 8.58. The van der Waals surface area contributed by atoms with Crippen molar-refractivity contribution in [3.63, 3.8) is 0 Å². The van der Waals surface area contributed by atoms with Gasteiger partial charge in [0, 0.05) is 19.3 Å². The van der Waals surface area contributed by atoms with Gasteiger partial charge in [-0.25, -0.2) is 0 Å². The minimum atomic E-state index is -0.771. The van der Waals surface area contributed by atoms with Crippen LogP contribution in [0, 0.1) is 0 Å². The first-order chi connectivity index (χ1) is 32.0. The van der Waals surface area contributed by atoms with Crippen molar-refractivity contribution in [1.29, 1.82) is 0 Å². The molecule has 65 heavy (non-hydrogen) atoms. The maximum absolute atomic E-state index is 12.7. The van der Waals surface area contributed by atoms with E-state index >= 15 is 0 Å². The van der Waals surface area contributed by atoms with Crippen molar-refractivity contribution in [3.05, 3.63) is 24.3 Å². The van der Waals surface area contributed by atoms with E-state index in [9.17, 15) is 14.4 Å². The van der Waals surface area contributed by atoms with Crippen molar-refractivity contribution >= 4 is 17.9 Å². The van der Waals surface area contributed by atoms with Crippen molar-refractivity contribution < 1.29 is 28.6 Å². The fourth-order valence-electron chi connectivity index (χ4n) is 8.58. The average molecular weight is 916 g/mol. The molecule has 0 radical (unpaired) electrons. The van der Waals surface area contributed by atoms with Crippen LogP contribution in [-0.4, -0.2) is 37.2 Å². The van der Waals surface area contributed by atoms with Gasteiger partial charge in [0.1, 0.15) is 13.2 Å². The van der Waals surface area contributed by atoms with E-state index in [1.807, 2.05) is 0 Å². The van der Waals surface area contributed by atoms with E-state index in [4.69, 9.17) is 14.2 Å². The summed E-state index contributed by atoms with van der Waals surface area (Å²) in [6, 6.07) is 0. The first-order valence-corrected chi connectivity index (χ1v) is 28.8. The Hall–Kier alpha value is -2.11. The fraction of sp³-hybridized carbons (Fsp3) is 0.881. The van der Waals surface area contributed by atoms with Crippen LogP contribution in [0.4, 0.5) is 0 Å². The number of carbonyl (C=O) groups excluding carboxylic acids is 3. The molecule has 0 rings (SSSR count). The van der Waals surface area contributed by atoms with Gasteiger partial charge in [-0.15, -0.1) is 0 Å². The lowest BCUT2D eigenvalue weighted by molar-refractivity contribution is -0.167. The highest BCUT2D eigenvalue weighted by molar-refractivity contribution is 5.71. The third-order valence-corrected chi connectivity index (χ3v) is 13.0. The molecule has 6 nitrogen and oxygen atoms in total. The second kappa shape index (κ2) is 54.5. The molecule has 0 N–H and O–H groups in total. The Morgan fingerprint density at radius 3 is 0.892 bits per heavy atom. The van der Waals surface area contributed by atoms with E-state index in [0.717, 1.165) is 89.9 Å². The summed E-state index contributed by atoms with van der Waals surface area (Å²) in [7, 11) is 0. The van der Waals surface area contributed by atoms with E-state index in [2.05, 4.69) is 45.1 Å². The van der Waals surface area contributed by atoms with Crippen molar-refractivity contribution in [3.8, 4) is 0 Å². The summed E-state index contributed by atoms with van der Waals surface area (Å²) >= 11 is 0. The SMILES string of the molecule is CCCC/C=C\C/C=C\CCCCCCCC(=O)OC(COC(=O)CCCCCCC)COC(=O)CCCCCCCCCCCCCCCCCCCCCCCCCCCCCC. The maximum atomic E-state index is 12.7. The third kappa shape index (κ3) is 52.7. The number of esters is 3. The highest BCUT2D eigenvalue weighted by Crippen LogP contribution is 2.17. The van der Waals surface area contributed by atoms with E-state index in [1.165, 1.54) is 186 Å². The standard InChI is InChI=1S/C59H110O6/c1-4-7-10-13-15-17-19-21-23-24-25-26-27-28-29-30-31-32-33-34-35-36-38-39-41-43-46-49-52-58(61)64-55-56(54-63-57(60)51-48-45-12-9-6-3)65-59(62)53-50-47-44-42-40-37-22-20-18-16-14-11-8-5-2/h14,16,20,22,56H,4-13,15,17-19,21,23-55H2,1-3H3/b16-14-,22-20-. The van der Waals surface area contributed by atoms with Crippen LogP contribution in [0.25, 0.3) is 0 Å². The summed E-state index contributed by atoms with van der Waals surface area (Å²) in [5.74, 6) is -0.887. The Labute approximate surface area is 404 Å². The molecule has 0 bridgehead atoms. The monoisotopic (exact) mass is 915 g/mol. The van der Waals surface area contributed by atoms with Gasteiger partial charge in [-0.05, 0) is 44.9 Å². The largest absolute Gasteiger partial charge is 0.462 e. The summed E-state index contributed by atoms with van der Waals surface area (Å²) in [6.45, 7) is 6.54. The molecule has 0 saturated heterocycles. The highest BCUT2D eigenvalue weighted by Gasteiger charge is 2.19. The smallest absolute Gasteiger partial charge is 0.306 e. The molecular weight excluding hydrogens is 805 g/mol. The number of carbonyl (C=O) groups is 3. The molecule has 0 fully saturated rings. The molecule has 0 spiro atoms. The number of unbranched alkanes of at least 4 members (excludes halogenated alkanes) is 38. The van der Waals surface area contributed by atoms with E-state index in [1.54, 1.807) is 0 Å². The third-order valence-electron chi connectivity index (χ3n) is 13.0. The minimum Gasteiger partial charge on any atom is -0.462 e. The summed E-state index contributed by atoms with van der Waals surface area (Å²) in [6.07, 6.45) is 63.8. The van der Waals surface area contributed by atoms with E-state index in [0.29, 0.717) is 19.3 Å². The zero-order chi connectivity index (χ0) is 47.2. The van der Waals surface area contributed by atoms with Gasteiger partial charge in [-0.3, -0.25) is 14.4 Å². The number of ether oxygens (including phenoxy) is 3. The van der Waals surface area contributed by atoms with Crippen molar-refractivity contribution in [2.75, 3.05) is 13.2 Å². The van der Waals surface area contributed by atoms with Crippen LogP contribution in [0.3, 0.4) is 0 Å². The number of hydrogen-bond acceptors (Lipinski definition) is 6. The second-order valence-electron chi connectivity index (χ2n) is 19.6. The quantitative estimate of drug-likeness (QED) is 0.0262. The predicted molar refractivity (Wildman–Crippen MR) is 279 cm³/mol. The molecule has 6 heteroatoms. The second-order valence-corrected chi connectivity index (χ2v) is 19.6. The Balaban J connectivity index is 3.94. The van der Waals surface area contributed by atoms with Crippen molar-refractivity contribution in [2.45, 2.75) is 322 Å². The summed E-state index contributed by atoms with van der Waals surface area (Å²) in [4.78, 5) is 37.7. The Bertz CT molecular complexity index is 1050. The van der Waals surface area contributed by atoms with Crippen molar-refractivity contribution in [2.24, 2.45) is 0 Å². The lowest BCUT2D eigenvalue weighted by Gasteiger charge is -2.18. The minimum absolute atomic E-state index is 0.0735. The van der Waals surface area contributed by atoms with Gasteiger partial charge < -0.3 is 14.2 Å². The van der Waals surface area contributed by atoms with Gasteiger partial charge in [0.15, 0.2) is 6.10 Å². The molecule has 382 valence electrons. The number of hydrogen-bond donors (Lipinski definition) is 0. The summed E-state index contributed by atoms with van der Waals surface area (Å²) < 4.78 is 16.7. The molecule has 1 atom stereocenters. The van der Waals surface area contributed by atoms with E-state index in [-0.39, 0.29) is 31.1 Å². The first kappa shape index (κ1) is 62.9. The Kier molecular flexibility index (Phi) is 52.7. The van der Waals surface area contributed by atoms with Gasteiger partial charge in [-0.2, -0.15) is 0 Å². The van der Waals surface area contributed by atoms with Crippen LogP contribution < -0.4 is 0 Å². The van der Waals surface area contributed by atoms with Crippen LogP contribution in [0.15, 0.2) is 24.3 Å². The topological polar surface area (TPSA) is 78.9 Å². The zero-order valence-electron chi connectivity index (χ0n) is 43.8. The molecule has 0 aliphatic rings. The lowest BCUT2D eigenvalue weighted by Crippen LogP contribution is -2.30. The Morgan fingerprint density at radius 2 is 0.569 bits per heavy atom. The van der Waals surface area contributed by atoms with Gasteiger partial charge in [0.05, 0.1) is 0 Å². The highest BCUT2D eigenvalue weighted by atomic mass is 16.6. The average Bonchev–Trinajstić information content (AvgIpc) is 3.30. The van der Waals surface area contributed by atoms with Crippen LogP contribution in [-0.2, 0) is 28.6 Å². The van der Waals surface area contributed by atoms with E-state index < -0.39 is 6.10 Å². The van der Waals surface area contributed by atoms with Gasteiger partial charge >= 0.3 is 17.9 Å². The summed E-state index contributed by atoms with van der Waals surface area (Å²) in [5, 5.41) is 0. The Morgan fingerprint density at radius 1 is 0.308 bits per heavy atom. The predicted octanol–water partition coefficient (Wildman–Crippen LogP) is 19.1. The normalized spacial score (nSPS) is 12.1. The summed E-state index contributed by atoms with van der Waals surface area (Å²) in [5.41, 5.74) is 0. The van der Waals surface area contributed by atoms with Crippen LogP contribution >= 0.6 is 0 Å². The van der Waals surface area contributed by atoms with Crippen LogP contribution in [0.5, 0.6) is 0 Å². The lowest BCUT2D eigenvalue weighted by atomic mass is 10.0. The van der Waals surface area contributed by atoms with Gasteiger partial charge in [-0.1, -0.05) is 276 Å². The van der Waals surface area contributed by atoms with Gasteiger partial charge in [0.25, 0.3) is 0 Å². The molecule has 0 amide bonds. The molecule has 0 aromatic carbocycles. The molecule has 0 saturated carbocycles. The molecule has 0 aromatic heterocycles. The number of rotatable bonds is 53. The van der Waals surface area contributed by atoms with Crippen LogP contribution in [0.1, 0.15) is 316 Å². The van der Waals surface area contributed by atoms with Crippen molar-refractivity contribution in [1.82, 2.24) is 0 Å². The molecule has 0 heterocycles. The van der Waals surface area contributed by atoms with Gasteiger partial charge in [0.2, 0.25) is 0 Å². The zero-order valence-corrected chi connectivity index (χ0v) is 43.8. The number of allylic oxidation sites excluding steroid dienone is 4. The molecule has 1 unspecified atom stereocenters. The molecule has 0 aromatic rings. The van der Waals surface area contributed by atoms with Crippen LogP contribution in [0.2, 0.25) is 0 Å². The molecule has 0 aliphatic carbocycles. The molecule has 0 aliphatic heterocycles. The first-order valence-electron chi connectivity index (χ1n) is 28.8. The molecular formula is C59H110O6. The maximum Gasteiger partial charge on any atom is 0.306 e.